The molecule has 7 heteroatoms. The number of oxazole rings is 1. The van der Waals surface area contributed by atoms with Crippen molar-refractivity contribution >= 4 is 6.09 Å². The minimum absolute atomic E-state index is 0.249. The van der Waals surface area contributed by atoms with E-state index in [1.54, 1.807) is 13.3 Å². The highest BCUT2D eigenvalue weighted by Gasteiger charge is 2.57. The number of carbonyl (C=O) groups excluding carboxylic acids is 1. The van der Waals surface area contributed by atoms with Gasteiger partial charge in [-0.05, 0) is 105 Å². The molecule has 7 nitrogen and oxygen atoms in total. The number of ether oxygens (including phenoxy) is 1. The Morgan fingerprint density at radius 1 is 1.27 bits per heavy atom. The Kier molecular flexibility index (Phi) is 8.36. The van der Waals surface area contributed by atoms with Crippen LogP contribution in [0, 0.1) is 30.1 Å². The Morgan fingerprint density at radius 2 is 2.05 bits per heavy atom. The lowest BCUT2D eigenvalue weighted by Gasteiger charge is -2.44. The fourth-order valence-electron chi connectivity index (χ4n) is 8.32. The minimum atomic E-state index is -0.652. The number of nitrogens with one attached hydrogen (secondary N) is 1. The number of hydrogen-bond acceptors (Lipinski definition) is 6. The molecule has 7 atom stereocenters. The zero-order valence-electron chi connectivity index (χ0n) is 24.7. The summed E-state index contributed by atoms with van der Waals surface area (Å²) in [7, 11) is 1.61. The first-order valence-corrected chi connectivity index (χ1v) is 15.3. The summed E-state index contributed by atoms with van der Waals surface area (Å²) in [4.78, 5) is 16.9. The summed E-state index contributed by atoms with van der Waals surface area (Å²) in [5, 5.41) is 23.0. The monoisotopic (exact) mass is 552 g/mol. The standard InChI is InChI=1S/C33H48N2O5/c1-20(8-13-29(40-31(38)34-5)33(15-16-33)30-35-21(2)19-39-30)26-11-12-27-23(7-6-14-32(26,27)4)9-10-24-17-25(36)18-28(37)22(24)3/h9-10,19-20,25-29,36-37H,3,6-8,11-18H2,1-2,4-5H3,(H,34,38)/b23-9+,24-10-/t20-,25-,26-,27+,28+,29+,32-/m1/s1. The van der Waals surface area contributed by atoms with E-state index in [1.807, 2.05) is 6.92 Å². The number of carbonyl (C=O) groups is 1. The van der Waals surface area contributed by atoms with Gasteiger partial charge in [0.25, 0.3) is 0 Å². The maximum Gasteiger partial charge on any atom is 0.407 e. The molecule has 4 fully saturated rings. The van der Waals surface area contributed by atoms with Crippen molar-refractivity contribution in [1.29, 1.82) is 0 Å². The first kappa shape index (κ1) is 29.1. The Labute approximate surface area is 239 Å². The van der Waals surface area contributed by atoms with Gasteiger partial charge in [-0.15, -0.1) is 0 Å². The lowest BCUT2D eigenvalue weighted by Crippen LogP contribution is -2.38. The van der Waals surface area contributed by atoms with Gasteiger partial charge in [0.1, 0.15) is 12.4 Å². The number of nitrogens with zero attached hydrogens (tertiary/aromatic N) is 1. The topological polar surface area (TPSA) is 105 Å². The van der Waals surface area contributed by atoms with Crippen molar-refractivity contribution in [3.8, 4) is 0 Å². The normalized spacial score (nSPS) is 34.9. The van der Waals surface area contributed by atoms with Crippen LogP contribution in [-0.2, 0) is 10.2 Å². The molecule has 3 N–H and O–H groups in total. The molecule has 0 unspecified atom stereocenters. The van der Waals surface area contributed by atoms with Crippen LogP contribution < -0.4 is 5.32 Å². The van der Waals surface area contributed by atoms with E-state index in [0.29, 0.717) is 36.5 Å². The van der Waals surface area contributed by atoms with Crippen LogP contribution in [0.2, 0.25) is 0 Å². The highest BCUT2D eigenvalue weighted by Crippen LogP contribution is 2.60. The number of aryl methyl sites for hydroxylation is 1. The predicted molar refractivity (Wildman–Crippen MR) is 155 cm³/mol. The molecule has 1 aromatic heterocycles. The summed E-state index contributed by atoms with van der Waals surface area (Å²) in [5.74, 6) is 2.38. The molecule has 220 valence electrons. The van der Waals surface area contributed by atoms with Crippen LogP contribution >= 0.6 is 0 Å². The fraction of sp³-hybridized carbons (Fsp3) is 0.697. The molecule has 40 heavy (non-hydrogen) atoms. The SMILES string of the molecule is C=C1/C(=C\C=C2/CCC[C@]3(C)[C@@H]([C@H](C)CC[C@H](OC(=O)NC)C4(c5nc(C)co5)CC4)CC[C@@H]23)C[C@@H](O)C[C@@H]1O. The summed E-state index contributed by atoms with van der Waals surface area (Å²) in [6.07, 6.45) is 14.8. The molecule has 4 saturated carbocycles. The minimum Gasteiger partial charge on any atom is -0.448 e. The molecule has 0 spiro atoms. The average Bonchev–Trinajstić information content (AvgIpc) is 3.48. The van der Waals surface area contributed by atoms with Crippen LogP contribution in [0.25, 0.3) is 0 Å². The Balaban J connectivity index is 1.28. The van der Waals surface area contributed by atoms with Crippen molar-refractivity contribution in [2.45, 2.75) is 115 Å². The van der Waals surface area contributed by atoms with Crippen LogP contribution in [-0.4, -0.2) is 46.6 Å². The maximum absolute atomic E-state index is 12.3. The van der Waals surface area contributed by atoms with Gasteiger partial charge in [0, 0.05) is 13.5 Å². The lowest BCUT2D eigenvalue weighted by molar-refractivity contribution is 0.0481. The largest absolute Gasteiger partial charge is 0.448 e. The Bertz CT molecular complexity index is 1160. The lowest BCUT2D eigenvalue weighted by atomic mass is 9.60. The molecule has 1 aromatic rings. The summed E-state index contributed by atoms with van der Waals surface area (Å²) in [6, 6.07) is 0. The summed E-state index contributed by atoms with van der Waals surface area (Å²) in [6.45, 7) is 10.9. The second-order valence-corrected chi connectivity index (χ2v) is 13.3. The van der Waals surface area contributed by atoms with Crippen molar-refractivity contribution in [3.05, 3.63) is 53.3 Å². The van der Waals surface area contributed by atoms with Gasteiger partial charge in [-0.25, -0.2) is 9.78 Å². The molecular formula is C33H48N2O5. The molecule has 1 heterocycles. The molecule has 0 aliphatic heterocycles. The molecule has 0 aromatic carbocycles. The molecule has 1 amide bonds. The smallest absolute Gasteiger partial charge is 0.407 e. The van der Waals surface area contributed by atoms with E-state index < -0.39 is 18.3 Å². The predicted octanol–water partition coefficient (Wildman–Crippen LogP) is 6.30. The van der Waals surface area contributed by atoms with Gasteiger partial charge in [-0.3, -0.25) is 0 Å². The van der Waals surface area contributed by atoms with Crippen molar-refractivity contribution in [2.24, 2.45) is 23.2 Å². The van der Waals surface area contributed by atoms with E-state index >= 15 is 0 Å². The number of allylic oxidation sites excluding steroid dienone is 3. The van der Waals surface area contributed by atoms with Crippen molar-refractivity contribution in [1.82, 2.24) is 10.3 Å². The number of amides is 1. The first-order valence-electron chi connectivity index (χ1n) is 15.3. The van der Waals surface area contributed by atoms with Gasteiger partial charge in [-0.1, -0.05) is 38.2 Å². The number of rotatable bonds is 8. The summed E-state index contributed by atoms with van der Waals surface area (Å²) < 4.78 is 11.8. The zero-order chi connectivity index (χ0) is 28.7. The third-order valence-electron chi connectivity index (χ3n) is 10.8. The number of alkyl carbamates (subject to hydrolysis) is 1. The van der Waals surface area contributed by atoms with E-state index in [0.717, 1.165) is 48.9 Å². The maximum atomic E-state index is 12.3. The van der Waals surface area contributed by atoms with E-state index in [2.05, 4.69) is 42.9 Å². The number of aliphatic hydroxyl groups excluding tert-OH is 2. The molecule has 0 saturated heterocycles. The van der Waals surface area contributed by atoms with Crippen LogP contribution in [0.4, 0.5) is 4.79 Å². The number of hydrogen-bond donors (Lipinski definition) is 3. The third kappa shape index (κ3) is 5.56. The van der Waals surface area contributed by atoms with Crippen LogP contribution in [0.1, 0.15) is 96.1 Å². The molecule has 5 rings (SSSR count). The van der Waals surface area contributed by atoms with Crippen molar-refractivity contribution in [3.63, 3.8) is 0 Å². The molecule has 0 radical (unpaired) electrons. The molecule has 0 bridgehead atoms. The molecule has 4 aliphatic rings. The Morgan fingerprint density at radius 3 is 2.73 bits per heavy atom. The number of aromatic nitrogens is 1. The van der Waals surface area contributed by atoms with Crippen molar-refractivity contribution < 1.29 is 24.2 Å². The Hall–Kier alpha value is -2.38. The van der Waals surface area contributed by atoms with E-state index in [9.17, 15) is 15.0 Å². The van der Waals surface area contributed by atoms with Gasteiger partial charge in [0.15, 0.2) is 0 Å². The van der Waals surface area contributed by atoms with Gasteiger partial charge >= 0.3 is 6.09 Å². The highest BCUT2D eigenvalue weighted by molar-refractivity contribution is 5.67. The van der Waals surface area contributed by atoms with Crippen LogP contribution in [0.15, 0.2) is 46.1 Å². The second-order valence-electron chi connectivity index (χ2n) is 13.3. The van der Waals surface area contributed by atoms with Gasteiger partial charge in [0.05, 0.1) is 23.3 Å². The van der Waals surface area contributed by atoms with Crippen LogP contribution in [0.5, 0.6) is 0 Å². The average molecular weight is 553 g/mol. The third-order valence-corrected chi connectivity index (χ3v) is 10.8. The highest BCUT2D eigenvalue weighted by atomic mass is 16.6. The quantitative estimate of drug-likeness (QED) is 0.350. The van der Waals surface area contributed by atoms with E-state index in [4.69, 9.17) is 9.15 Å². The fourth-order valence-corrected chi connectivity index (χ4v) is 8.32. The second kappa shape index (κ2) is 11.5. The number of fused-ring (bicyclic) bond motifs is 1. The van der Waals surface area contributed by atoms with E-state index in [-0.39, 0.29) is 16.9 Å². The summed E-state index contributed by atoms with van der Waals surface area (Å²) >= 11 is 0. The molecular weight excluding hydrogens is 504 g/mol. The van der Waals surface area contributed by atoms with Crippen LogP contribution in [0.3, 0.4) is 0 Å². The van der Waals surface area contributed by atoms with Gasteiger partial charge in [0.2, 0.25) is 5.89 Å². The van der Waals surface area contributed by atoms with Gasteiger partial charge in [-0.2, -0.15) is 0 Å². The van der Waals surface area contributed by atoms with Crippen molar-refractivity contribution in [2.75, 3.05) is 7.05 Å². The van der Waals surface area contributed by atoms with E-state index in [1.165, 1.54) is 31.3 Å². The van der Waals surface area contributed by atoms with Gasteiger partial charge < -0.3 is 24.7 Å². The number of aliphatic hydroxyl groups is 2. The molecule has 4 aliphatic carbocycles. The zero-order valence-corrected chi connectivity index (χ0v) is 24.7. The summed E-state index contributed by atoms with van der Waals surface area (Å²) in [5.41, 5.74) is 4.04. The first-order chi connectivity index (χ1) is 19.1.